The van der Waals surface area contributed by atoms with Gasteiger partial charge in [-0.15, -0.1) is 0 Å². The Hall–Kier alpha value is -2.33. The first-order valence-corrected chi connectivity index (χ1v) is 11.3. The highest BCUT2D eigenvalue weighted by atomic mass is 127. The molecule has 0 bridgehead atoms. The lowest BCUT2D eigenvalue weighted by Gasteiger charge is -2.14. The van der Waals surface area contributed by atoms with Crippen LogP contribution >= 0.6 is 34.2 Å². The lowest BCUT2D eigenvalue weighted by molar-refractivity contribution is -0.126. The van der Waals surface area contributed by atoms with Crippen molar-refractivity contribution >= 4 is 57.9 Å². The van der Waals surface area contributed by atoms with Gasteiger partial charge in [-0.2, -0.15) is 5.10 Å². The van der Waals surface area contributed by atoms with Crippen molar-refractivity contribution in [2.45, 2.75) is 33.6 Å². The minimum Gasteiger partial charge on any atom is -0.490 e. The maximum atomic E-state index is 12.0. The lowest BCUT2D eigenvalue weighted by atomic mass is 10.2. The molecule has 2 rings (SSSR count). The molecule has 2 N–H and O–H groups in total. The van der Waals surface area contributed by atoms with E-state index in [1.54, 1.807) is 24.3 Å². The van der Waals surface area contributed by atoms with Crippen LogP contribution in [0.15, 0.2) is 35.4 Å². The number of carbonyl (C=O) groups excluding carboxylic acids is 2. The first kappa shape index (κ1) is 24.9. The summed E-state index contributed by atoms with van der Waals surface area (Å²) >= 11 is 8.21. The van der Waals surface area contributed by atoms with Crippen LogP contribution in [0.2, 0.25) is 5.02 Å². The number of halogens is 2. The van der Waals surface area contributed by atoms with Gasteiger partial charge in [0.25, 0.3) is 0 Å². The zero-order valence-corrected chi connectivity index (χ0v) is 20.5. The quantitative estimate of drug-likeness (QED) is 0.188. The Morgan fingerprint density at radius 1 is 1.16 bits per heavy atom. The molecule has 0 atom stereocenters. The molecule has 0 aliphatic heterocycles. The van der Waals surface area contributed by atoms with Crippen molar-refractivity contribution in [1.29, 1.82) is 0 Å². The summed E-state index contributed by atoms with van der Waals surface area (Å²) in [5, 5.41) is 7.11. The van der Waals surface area contributed by atoms with Crippen LogP contribution < -0.4 is 20.2 Å². The Morgan fingerprint density at radius 3 is 2.61 bits per heavy atom. The summed E-state index contributed by atoms with van der Waals surface area (Å²) in [6.45, 7) is 6.89. The molecule has 9 heteroatoms. The van der Waals surface area contributed by atoms with Crippen LogP contribution in [0.1, 0.15) is 37.8 Å². The summed E-state index contributed by atoms with van der Waals surface area (Å²) in [5.41, 5.74) is 4.52. The van der Waals surface area contributed by atoms with Crippen molar-refractivity contribution in [3.05, 3.63) is 50.1 Å². The second-order valence-electron chi connectivity index (χ2n) is 6.59. The molecule has 0 heterocycles. The third-order valence-electron chi connectivity index (χ3n) is 3.96. The molecule has 0 aromatic heterocycles. The first-order chi connectivity index (χ1) is 14.8. The Bertz CT molecular complexity index is 966. The van der Waals surface area contributed by atoms with Crippen molar-refractivity contribution in [1.82, 2.24) is 5.43 Å². The number of hydrogen-bond acceptors (Lipinski definition) is 5. The molecule has 0 saturated carbocycles. The molecule has 2 aromatic carbocycles. The Labute approximate surface area is 200 Å². The third-order valence-corrected chi connectivity index (χ3v) is 5.17. The van der Waals surface area contributed by atoms with Gasteiger partial charge in [0, 0.05) is 10.7 Å². The van der Waals surface area contributed by atoms with Gasteiger partial charge in [-0.25, -0.2) is 5.43 Å². The number of carbonyl (C=O) groups is 2. The van der Waals surface area contributed by atoms with E-state index in [0.717, 1.165) is 21.1 Å². The van der Waals surface area contributed by atoms with Gasteiger partial charge in [-0.3, -0.25) is 9.59 Å². The van der Waals surface area contributed by atoms with Crippen LogP contribution in [0.3, 0.4) is 0 Å². The van der Waals surface area contributed by atoms with E-state index < -0.39 is 11.8 Å². The molecule has 0 fully saturated rings. The molecule has 0 saturated heterocycles. The van der Waals surface area contributed by atoms with Crippen LogP contribution in [0.25, 0.3) is 0 Å². The zero-order chi connectivity index (χ0) is 22.8. The van der Waals surface area contributed by atoms with Crippen molar-refractivity contribution in [3.63, 3.8) is 0 Å². The molecule has 7 nitrogen and oxygen atoms in total. The topological polar surface area (TPSA) is 89.0 Å². The van der Waals surface area contributed by atoms with Crippen LogP contribution in [-0.4, -0.2) is 31.2 Å². The molecule has 2 aromatic rings. The summed E-state index contributed by atoms with van der Waals surface area (Å²) in [5.74, 6) is 0.318. The Morgan fingerprint density at radius 2 is 1.94 bits per heavy atom. The van der Waals surface area contributed by atoms with Crippen molar-refractivity contribution in [2.75, 3.05) is 18.5 Å². The number of amides is 2. The minimum atomic E-state index is -0.533. The number of nitrogens with zero attached hydrogens (tertiary/aromatic N) is 1. The molecule has 0 spiro atoms. The molecule has 0 aliphatic carbocycles. The van der Waals surface area contributed by atoms with E-state index in [-0.39, 0.29) is 6.42 Å². The van der Waals surface area contributed by atoms with Crippen LogP contribution in [0.5, 0.6) is 11.5 Å². The van der Waals surface area contributed by atoms with Gasteiger partial charge in [-0.1, -0.05) is 24.6 Å². The fraction of sp³-hybridized carbons (Fsp3) is 0.318. The smallest absolute Gasteiger partial charge is 0.249 e. The molecule has 0 unspecified atom stereocenters. The summed E-state index contributed by atoms with van der Waals surface area (Å²) in [7, 11) is 0. The van der Waals surface area contributed by atoms with E-state index in [1.807, 2.05) is 26.8 Å². The van der Waals surface area contributed by atoms with Gasteiger partial charge in [0.1, 0.15) is 6.42 Å². The second-order valence-corrected chi connectivity index (χ2v) is 8.16. The van der Waals surface area contributed by atoms with Crippen molar-refractivity contribution < 1.29 is 19.1 Å². The van der Waals surface area contributed by atoms with E-state index in [9.17, 15) is 9.59 Å². The normalized spacial score (nSPS) is 10.7. The summed E-state index contributed by atoms with van der Waals surface area (Å²) in [4.78, 5) is 24.0. The van der Waals surface area contributed by atoms with Crippen LogP contribution in [0, 0.1) is 10.5 Å². The number of ether oxygens (including phenoxy) is 2. The third kappa shape index (κ3) is 8.02. The molecular weight excluding hydrogens is 533 g/mol. The molecule has 0 aliphatic rings. The number of aryl methyl sites for hydroxylation is 1. The number of rotatable bonds is 10. The number of hydrazone groups is 1. The van der Waals surface area contributed by atoms with Crippen molar-refractivity contribution in [3.8, 4) is 11.5 Å². The van der Waals surface area contributed by atoms with Crippen molar-refractivity contribution in [2.24, 2.45) is 5.10 Å². The predicted molar refractivity (Wildman–Crippen MR) is 131 cm³/mol. The first-order valence-electron chi connectivity index (χ1n) is 9.81. The standard InChI is InChI=1S/C22H25ClIN3O4/c1-4-8-31-22-18(24)9-15(10-19(22)30-5-2)13-25-27-21(29)12-20(28)26-16-7-6-14(3)17(23)11-16/h6-7,9-11,13H,4-5,8,12H2,1-3H3,(H,26,28)(H,27,29). The maximum absolute atomic E-state index is 12.0. The van der Waals surface area contributed by atoms with Gasteiger partial charge < -0.3 is 14.8 Å². The number of nitrogens with one attached hydrogen (secondary N) is 2. The molecule has 31 heavy (non-hydrogen) atoms. The van der Waals surface area contributed by atoms with Gasteiger partial charge in [0.2, 0.25) is 11.8 Å². The van der Waals surface area contributed by atoms with E-state index >= 15 is 0 Å². The summed E-state index contributed by atoms with van der Waals surface area (Å²) in [6, 6.07) is 8.81. The average Bonchev–Trinajstić information content (AvgIpc) is 2.70. The highest BCUT2D eigenvalue weighted by Gasteiger charge is 2.12. The molecular formula is C22H25ClIN3O4. The number of hydrogen-bond donors (Lipinski definition) is 2. The largest absolute Gasteiger partial charge is 0.490 e. The van der Waals surface area contributed by atoms with Crippen LogP contribution in [0.4, 0.5) is 5.69 Å². The Balaban J connectivity index is 1.95. The van der Waals surface area contributed by atoms with Crippen LogP contribution in [-0.2, 0) is 9.59 Å². The highest BCUT2D eigenvalue weighted by Crippen LogP contribution is 2.34. The average molecular weight is 558 g/mol. The SMILES string of the molecule is CCCOc1c(I)cc(C=NNC(=O)CC(=O)Nc2ccc(C)c(Cl)c2)cc1OCC. The second kappa shape index (κ2) is 12.5. The van der Waals surface area contributed by atoms with Gasteiger partial charge >= 0.3 is 0 Å². The van der Waals surface area contributed by atoms with E-state index in [4.69, 9.17) is 21.1 Å². The van der Waals surface area contributed by atoms with Gasteiger partial charge in [-0.05, 0) is 78.3 Å². The number of anilines is 1. The molecule has 0 radical (unpaired) electrons. The number of benzene rings is 2. The molecule has 166 valence electrons. The summed E-state index contributed by atoms with van der Waals surface area (Å²) in [6.07, 6.45) is 2.01. The molecule has 2 amide bonds. The van der Waals surface area contributed by atoms with E-state index in [1.165, 1.54) is 6.21 Å². The lowest BCUT2D eigenvalue weighted by Crippen LogP contribution is -2.24. The highest BCUT2D eigenvalue weighted by molar-refractivity contribution is 14.1. The predicted octanol–water partition coefficient (Wildman–Crippen LogP) is 4.92. The zero-order valence-electron chi connectivity index (χ0n) is 17.6. The van der Waals surface area contributed by atoms with Gasteiger partial charge in [0.15, 0.2) is 11.5 Å². The monoisotopic (exact) mass is 557 g/mol. The Kier molecular flexibility index (Phi) is 10.1. The van der Waals surface area contributed by atoms with Gasteiger partial charge in [0.05, 0.1) is 23.0 Å². The van der Waals surface area contributed by atoms with E-state index in [0.29, 0.717) is 35.4 Å². The van der Waals surface area contributed by atoms with E-state index in [2.05, 4.69) is 38.4 Å². The fourth-order valence-electron chi connectivity index (χ4n) is 2.51. The summed E-state index contributed by atoms with van der Waals surface area (Å²) < 4.78 is 12.3. The maximum Gasteiger partial charge on any atom is 0.249 e. The fourth-order valence-corrected chi connectivity index (χ4v) is 3.47. The minimum absolute atomic E-state index is 0.367.